The summed E-state index contributed by atoms with van der Waals surface area (Å²) in [6.45, 7) is 3.31. The molecule has 0 radical (unpaired) electrons. The lowest BCUT2D eigenvalue weighted by molar-refractivity contribution is -0.261. The summed E-state index contributed by atoms with van der Waals surface area (Å²) in [5, 5.41) is 9.01. The van der Waals surface area contributed by atoms with Gasteiger partial charge in [-0.05, 0) is 13.8 Å². The second-order valence-electron chi connectivity index (χ2n) is 4.44. The molecule has 2 rings (SSSR count). The van der Waals surface area contributed by atoms with Crippen molar-refractivity contribution in [2.75, 3.05) is 0 Å². The molecule has 2 fully saturated rings. The van der Waals surface area contributed by atoms with Crippen molar-refractivity contribution in [3.63, 3.8) is 0 Å². The number of ether oxygens (including phenoxy) is 3. The Morgan fingerprint density at radius 3 is 2.44 bits per heavy atom. The molecule has 16 heavy (non-hydrogen) atoms. The van der Waals surface area contributed by atoms with Gasteiger partial charge in [-0.3, -0.25) is 0 Å². The third kappa shape index (κ3) is 2.17. The van der Waals surface area contributed by atoms with E-state index in [-0.39, 0.29) is 6.42 Å². The van der Waals surface area contributed by atoms with Crippen LogP contribution in [0.1, 0.15) is 20.3 Å². The molecule has 94 valence electrons. The van der Waals surface area contributed by atoms with E-state index in [1.807, 2.05) is 0 Å². The maximum atomic E-state index is 12.2. The summed E-state index contributed by atoms with van der Waals surface area (Å²) in [6.07, 6.45) is -9.87. The van der Waals surface area contributed by atoms with Crippen molar-refractivity contribution in [1.82, 2.24) is 0 Å². The Kier molecular flexibility index (Phi) is 2.69. The van der Waals surface area contributed by atoms with E-state index in [0.717, 1.165) is 0 Å². The number of rotatable bonds is 1. The first-order valence-corrected chi connectivity index (χ1v) is 4.95. The van der Waals surface area contributed by atoms with Crippen LogP contribution >= 0.6 is 0 Å². The summed E-state index contributed by atoms with van der Waals surface area (Å²) in [4.78, 5) is 0. The normalized spacial score (nSPS) is 39.8. The van der Waals surface area contributed by atoms with Crippen LogP contribution in [0.3, 0.4) is 0 Å². The summed E-state index contributed by atoms with van der Waals surface area (Å²) in [5.74, 6) is -0.844. The number of fused-ring (bicyclic) bond motifs is 1. The zero-order valence-corrected chi connectivity index (χ0v) is 8.82. The summed E-state index contributed by atoms with van der Waals surface area (Å²) in [5.41, 5.74) is 0. The Morgan fingerprint density at radius 2 is 1.94 bits per heavy atom. The van der Waals surface area contributed by atoms with Crippen LogP contribution in [-0.2, 0) is 14.2 Å². The molecule has 2 heterocycles. The van der Waals surface area contributed by atoms with Gasteiger partial charge in [-0.25, -0.2) is 0 Å². The molecule has 2 aliphatic rings. The number of halogens is 3. The van der Waals surface area contributed by atoms with Crippen molar-refractivity contribution in [3.05, 3.63) is 0 Å². The van der Waals surface area contributed by atoms with Crippen LogP contribution in [-0.4, -0.2) is 41.7 Å². The molecule has 0 aliphatic carbocycles. The predicted octanol–water partition coefficient (Wildman–Crippen LogP) is 1.18. The van der Waals surface area contributed by atoms with E-state index < -0.39 is 36.6 Å². The summed E-state index contributed by atoms with van der Waals surface area (Å²) < 4.78 is 52.2. The van der Waals surface area contributed by atoms with Crippen LogP contribution in [0, 0.1) is 0 Å². The summed E-state index contributed by atoms with van der Waals surface area (Å²) in [6, 6.07) is 0. The highest BCUT2D eigenvalue weighted by Gasteiger charge is 2.54. The Hall–Kier alpha value is -0.370. The lowest BCUT2D eigenvalue weighted by Gasteiger charge is -2.24. The van der Waals surface area contributed by atoms with Crippen LogP contribution in [0.5, 0.6) is 0 Å². The van der Waals surface area contributed by atoms with Gasteiger partial charge >= 0.3 is 6.18 Å². The van der Waals surface area contributed by atoms with Crippen LogP contribution in [0.2, 0.25) is 0 Å². The standard InChI is InChI=1S/C9H13F3O4/c1-8(2)15-5-3-4(14-7(5)16-8)6(13)9(10,11)12/h4-7,13H,3H2,1-2H3/t4-,5+,6-,7+/m0/s1. The van der Waals surface area contributed by atoms with Gasteiger partial charge in [0.25, 0.3) is 0 Å². The van der Waals surface area contributed by atoms with E-state index in [4.69, 9.17) is 19.3 Å². The molecule has 4 atom stereocenters. The quantitative estimate of drug-likeness (QED) is 0.750. The molecule has 0 aromatic heterocycles. The number of hydrogen-bond acceptors (Lipinski definition) is 4. The molecule has 7 heteroatoms. The van der Waals surface area contributed by atoms with Gasteiger partial charge < -0.3 is 19.3 Å². The third-order valence-electron chi connectivity index (χ3n) is 2.60. The fourth-order valence-corrected chi connectivity index (χ4v) is 1.95. The Bertz CT molecular complexity index is 262. The summed E-state index contributed by atoms with van der Waals surface area (Å²) in [7, 11) is 0. The molecule has 0 aromatic rings. The first kappa shape index (κ1) is 12.1. The second-order valence-corrected chi connectivity index (χ2v) is 4.44. The lowest BCUT2D eigenvalue weighted by atomic mass is 10.1. The fourth-order valence-electron chi connectivity index (χ4n) is 1.95. The highest BCUT2D eigenvalue weighted by atomic mass is 19.4. The third-order valence-corrected chi connectivity index (χ3v) is 2.60. The largest absolute Gasteiger partial charge is 0.416 e. The smallest absolute Gasteiger partial charge is 0.381 e. The minimum atomic E-state index is -4.68. The zero-order valence-electron chi connectivity index (χ0n) is 8.82. The number of aliphatic hydroxyl groups is 1. The van der Waals surface area contributed by atoms with Crippen molar-refractivity contribution in [3.8, 4) is 0 Å². The van der Waals surface area contributed by atoms with Gasteiger partial charge in [0, 0.05) is 6.42 Å². The molecule has 0 spiro atoms. The van der Waals surface area contributed by atoms with Crippen molar-refractivity contribution in [1.29, 1.82) is 0 Å². The highest BCUT2D eigenvalue weighted by Crippen LogP contribution is 2.40. The maximum Gasteiger partial charge on any atom is 0.416 e. The average Bonchev–Trinajstić information content (AvgIpc) is 2.54. The molecular weight excluding hydrogens is 229 g/mol. The number of alkyl halides is 3. The van der Waals surface area contributed by atoms with E-state index in [0.29, 0.717) is 0 Å². The first-order chi connectivity index (χ1) is 7.19. The minimum Gasteiger partial charge on any atom is -0.381 e. The fraction of sp³-hybridized carbons (Fsp3) is 1.00. The first-order valence-electron chi connectivity index (χ1n) is 4.95. The van der Waals surface area contributed by atoms with E-state index in [9.17, 15) is 13.2 Å². The van der Waals surface area contributed by atoms with Gasteiger partial charge in [0.2, 0.25) is 0 Å². The molecule has 4 nitrogen and oxygen atoms in total. The van der Waals surface area contributed by atoms with Gasteiger partial charge in [0.15, 0.2) is 18.2 Å². The SMILES string of the molecule is CC1(C)O[C@H]2O[C@H]([C@H](O)C(F)(F)F)C[C@H]2O1. The van der Waals surface area contributed by atoms with Crippen LogP contribution in [0.25, 0.3) is 0 Å². The van der Waals surface area contributed by atoms with Gasteiger partial charge in [0.05, 0.1) is 6.10 Å². The second kappa shape index (κ2) is 3.56. The van der Waals surface area contributed by atoms with Crippen molar-refractivity contribution >= 4 is 0 Å². The van der Waals surface area contributed by atoms with Crippen LogP contribution in [0.15, 0.2) is 0 Å². The average molecular weight is 242 g/mol. The minimum absolute atomic E-state index is 0.0191. The Balaban J connectivity index is 1.97. The van der Waals surface area contributed by atoms with Crippen molar-refractivity contribution in [2.24, 2.45) is 0 Å². The summed E-state index contributed by atoms with van der Waals surface area (Å²) >= 11 is 0. The molecule has 2 aliphatic heterocycles. The topological polar surface area (TPSA) is 47.9 Å². The van der Waals surface area contributed by atoms with E-state index in [1.54, 1.807) is 13.8 Å². The van der Waals surface area contributed by atoms with Crippen molar-refractivity contribution in [2.45, 2.75) is 56.8 Å². The zero-order chi connectivity index (χ0) is 12.1. The molecule has 2 saturated heterocycles. The van der Waals surface area contributed by atoms with E-state index >= 15 is 0 Å². The molecule has 0 amide bonds. The van der Waals surface area contributed by atoms with Gasteiger partial charge in [-0.1, -0.05) is 0 Å². The van der Waals surface area contributed by atoms with Crippen molar-refractivity contribution < 1.29 is 32.5 Å². The van der Waals surface area contributed by atoms with Gasteiger partial charge in [0.1, 0.15) is 6.10 Å². The molecule has 0 saturated carbocycles. The maximum absolute atomic E-state index is 12.2. The van der Waals surface area contributed by atoms with Gasteiger partial charge in [-0.2, -0.15) is 13.2 Å². The number of aliphatic hydroxyl groups excluding tert-OH is 1. The molecule has 0 unspecified atom stereocenters. The Morgan fingerprint density at radius 1 is 1.31 bits per heavy atom. The lowest BCUT2D eigenvalue weighted by Crippen LogP contribution is -2.40. The highest BCUT2D eigenvalue weighted by molar-refractivity contribution is 4.90. The molecule has 0 aromatic carbocycles. The predicted molar refractivity (Wildman–Crippen MR) is 45.4 cm³/mol. The monoisotopic (exact) mass is 242 g/mol. The van der Waals surface area contributed by atoms with E-state index in [2.05, 4.69) is 0 Å². The number of hydrogen-bond donors (Lipinski definition) is 1. The van der Waals surface area contributed by atoms with Crippen LogP contribution < -0.4 is 0 Å². The molecule has 1 N–H and O–H groups in total. The molecular formula is C9H13F3O4. The van der Waals surface area contributed by atoms with Crippen LogP contribution in [0.4, 0.5) is 13.2 Å². The Labute approximate surface area is 90.3 Å². The van der Waals surface area contributed by atoms with E-state index in [1.165, 1.54) is 0 Å². The van der Waals surface area contributed by atoms with Gasteiger partial charge in [-0.15, -0.1) is 0 Å². The molecule has 0 bridgehead atoms.